The lowest BCUT2D eigenvalue weighted by atomic mass is 10.1. The van der Waals surface area contributed by atoms with Gasteiger partial charge in [-0.2, -0.15) is 0 Å². The summed E-state index contributed by atoms with van der Waals surface area (Å²) in [4.78, 5) is 26.9. The van der Waals surface area contributed by atoms with Gasteiger partial charge < -0.3 is 14.8 Å². The molecule has 3 aromatic carbocycles. The van der Waals surface area contributed by atoms with Crippen LogP contribution < -0.4 is 19.7 Å². The highest BCUT2D eigenvalue weighted by Gasteiger charge is 2.34. The molecule has 1 aliphatic heterocycles. The lowest BCUT2D eigenvalue weighted by molar-refractivity contribution is -0.115. The Bertz CT molecular complexity index is 1180. The predicted octanol–water partition coefficient (Wildman–Crippen LogP) is 5.18. The zero-order valence-corrected chi connectivity index (χ0v) is 19.2. The SMILES string of the molecule is COc1cc(OC)cc(C(=O)Nc2ccc(C3SCC(=O)N3c3ccc(C)c(F)c3)cc2)c1. The molecule has 1 saturated heterocycles. The van der Waals surface area contributed by atoms with Gasteiger partial charge in [-0.15, -0.1) is 11.8 Å². The lowest BCUT2D eigenvalue weighted by Gasteiger charge is -2.25. The van der Waals surface area contributed by atoms with Gasteiger partial charge in [0, 0.05) is 23.0 Å². The topological polar surface area (TPSA) is 67.9 Å². The van der Waals surface area contributed by atoms with E-state index < -0.39 is 0 Å². The smallest absolute Gasteiger partial charge is 0.255 e. The van der Waals surface area contributed by atoms with Crippen LogP contribution >= 0.6 is 11.8 Å². The Labute approximate surface area is 195 Å². The first-order valence-corrected chi connectivity index (χ1v) is 11.3. The van der Waals surface area contributed by atoms with E-state index >= 15 is 0 Å². The van der Waals surface area contributed by atoms with E-state index in [0.29, 0.717) is 39.8 Å². The van der Waals surface area contributed by atoms with Crippen molar-refractivity contribution in [2.75, 3.05) is 30.2 Å². The molecule has 3 aromatic rings. The molecule has 6 nitrogen and oxygen atoms in total. The van der Waals surface area contributed by atoms with Crippen LogP contribution in [0.4, 0.5) is 15.8 Å². The number of methoxy groups -OCH3 is 2. The second-order valence-corrected chi connectivity index (χ2v) is 8.61. The molecule has 1 fully saturated rings. The van der Waals surface area contributed by atoms with Gasteiger partial charge in [-0.3, -0.25) is 14.5 Å². The highest BCUT2D eigenvalue weighted by atomic mass is 32.2. The van der Waals surface area contributed by atoms with Crippen LogP contribution in [0.2, 0.25) is 0 Å². The van der Waals surface area contributed by atoms with Crippen LogP contribution in [0.25, 0.3) is 0 Å². The predicted molar refractivity (Wildman–Crippen MR) is 128 cm³/mol. The molecule has 1 aliphatic rings. The van der Waals surface area contributed by atoms with E-state index in [1.54, 1.807) is 54.3 Å². The number of carbonyl (C=O) groups excluding carboxylic acids is 2. The molecule has 8 heteroatoms. The van der Waals surface area contributed by atoms with Gasteiger partial charge in [-0.1, -0.05) is 18.2 Å². The van der Waals surface area contributed by atoms with E-state index in [2.05, 4.69) is 5.32 Å². The maximum Gasteiger partial charge on any atom is 0.255 e. The highest BCUT2D eigenvalue weighted by Crippen LogP contribution is 2.42. The zero-order chi connectivity index (χ0) is 23.5. The van der Waals surface area contributed by atoms with Gasteiger partial charge in [0.1, 0.15) is 22.7 Å². The van der Waals surface area contributed by atoms with Crippen LogP contribution in [0.3, 0.4) is 0 Å². The van der Waals surface area contributed by atoms with Crippen LogP contribution in [0.1, 0.15) is 26.9 Å². The standard InChI is InChI=1S/C25H23FN2O4S/c1-15-4-9-19(12-22(15)26)28-23(29)14-33-25(28)16-5-7-18(8-6-16)27-24(30)17-10-20(31-2)13-21(11-17)32-3/h4-13,25H,14H2,1-3H3,(H,27,30). The Hall–Kier alpha value is -3.52. The van der Waals surface area contributed by atoms with Crippen molar-refractivity contribution < 1.29 is 23.5 Å². The summed E-state index contributed by atoms with van der Waals surface area (Å²) in [7, 11) is 3.05. The number of amides is 2. The van der Waals surface area contributed by atoms with Crippen molar-refractivity contribution in [1.82, 2.24) is 0 Å². The summed E-state index contributed by atoms with van der Waals surface area (Å²) < 4.78 is 24.5. The van der Waals surface area contributed by atoms with Crippen molar-refractivity contribution in [2.45, 2.75) is 12.3 Å². The molecule has 0 saturated carbocycles. The number of ether oxygens (including phenoxy) is 2. The summed E-state index contributed by atoms with van der Waals surface area (Å²) in [5.74, 6) is 0.634. The van der Waals surface area contributed by atoms with Crippen LogP contribution in [-0.2, 0) is 4.79 Å². The Morgan fingerprint density at radius 2 is 1.70 bits per heavy atom. The fraction of sp³-hybridized carbons (Fsp3) is 0.200. The fourth-order valence-electron chi connectivity index (χ4n) is 3.55. The number of aryl methyl sites for hydroxylation is 1. The molecule has 1 unspecified atom stereocenters. The van der Waals surface area contributed by atoms with Gasteiger partial charge in [-0.05, 0) is 54.4 Å². The van der Waals surface area contributed by atoms with E-state index in [1.165, 1.54) is 32.0 Å². The average molecular weight is 467 g/mol. The lowest BCUT2D eigenvalue weighted by Crippen LogP contribution is -2.28. The molecule has 2 amide bonds. The second kappa shape index (κ2) is 9.54. The molecule has 0 radical (unpaired) electrons. The number of nitrogens with one attached hydrogen (secondary N) is 1. The van der Waals surface area contributed by atoms with Gasteiger partial charge in [0.25, 0.3) is 5.91 Å². The number of hydrogen-bond donors (Lipinski definition) is 1. The monoisotopic (exact) mass is 466 g/mol. The molecule has 1 heterocycles. The molecule has 0 spiro atoms. The summed E-state index contributed by atoms with van der Waals surface area (Å²) in [6.45, 7) is 1.69. The summed E-state index contributed by atoms with van der Waals surface area (Å²) in [5, 5.41) is 2.59. The minimum Gasteiger partial charge on any atom is -0.497 e. The minimum atomic E-state index is -0.344. The van der Waals surface area contributed by atoms with Gasteiger partial charge >= 0.3 is 0 Å². The van der Waals surface area contributed by atoms with E-state index in [0.717, 1.165) is 5.56 Å². The maximum absolute atomic E-state index is 14.1. The Balaban J connectivity index is 1.52. The molecular formula is C25H23FN2O4S. The number of benzene rings is 3. The summed E-state index contributed by atoms with van der Waals surface area (Å²) in [5.41, 5.74) is 2.95. The molecule has 1 N–H and O–H groups in total. The highest BCUT2D eigenvalue weighted by molar-refractivity contribution is 8.00. The number of carbonyl (C=O) groups is 2. The number of nitrogens with zero attached hydrogens (tertiary/aromatic N) is 1. The van der Waals surface area contributed by atoms with Crippen molar-refractivity contribution in [3.05, 3.63) is 83.2 Å². The van der Waals surface area contributed by atoms with Gasteiger partial charge in [0.15, 0.2) is 0 Å². The first-order chi connectivity index (χ1) is 15.9. The van der Waals surface area contributed by atoms with Crippen LogP contribution in [0.5, 0.6) is 11.5 Å². The minimum absolute atomic E-state index is 0.0717. The zero-order valence-electron chi connectivity index (χ0n) is 18.4. The van der Waals surface area contributed by atoms with Crippen molar-refractivity contribution in [1.29, 1.82) is 0 Å². The molecule has 33 heavy (non-hydrogen) atoms. The third-order valence-electron chi connectivity index (χ3n) is 5.37. The van der Waals surface area contributed by atoms with Gasteiger partial charge in [0.2, 0.25) is 5.91 Å². The summed E-state index contributed by atoms with van der Waals surface area (Å²) >= 11 is 1.48. The van der Waals surface area contributed by atoms with Crippen molar-refractivity contribution in [3.63, 3.8) is 0 Å². The maximum atomic E-state index is 14.1. The Kier molecular flexibility index (Phi) is 6.55. The second-order valence-electron chi connectivity index (χ2n) is 7.54. The van der Waals surface area contributed by atoms with Crippen LogP contribution in [0.15, 0.2) is 60.7 Å². The van der Waals surface area contributed by atoms with Gasteiger partial charge in [-0.25, -0.2) is 4.39 Å². The van der Waals surface area contributed by atoms with E-state index in [9.17, 15) is 14.0 Å². The number of anilines is 2. The van der Waals surface area contributed by atoms with E-state index in [-0.39, 0.29) is 23.0 Å². The normalized spacial score (nSPS) is 15.5. The molecule has 0 aromatic heterocycles. The largest absolute Gasteiger partial charge is 0.497 e. The summed E-state index contributed by atoms with van der Waals surface area (Å²) in [6.07, 6.45) is 0. The molecule has 170 valence electrons. The Morgan fingerprint density at radius 1 is 1.03 bits per heavy atom. The van der Waals surface area contributed by atoms with Gasteiger partial charge in [0.05, 0.1) is 20.0 Å². The van der Waals surface area contributed by atoms with Crippen LogP contribution in [-0.4, -0.2) is 31.8 Å². The summed E-state index contributed by atoms with van der Waals surface area (Å²) in [6, 6.07) is 17.0. The number of halogens is 1. The van der Waals surface area contributed by atoms with E-state index in [1.807, 2.05) is 12.1 Å². The molecule has 4 rings (SSSR count). The molecule has 1 atom stereocenters. The van der Waals surface area contributed by atoms with Crippen LogP contribution in [0, 0.1) is 12.7 Å². The molecular weight excluding hydrogens is 443 g/mol. The number of hydrogen-bond acceptors (Lipinski definition) is 5. The first-order valence-electron chi connectivity index (χ1n) is 10.2. The number of rotatable bonds is 6. The quantitative estimate of drug-likeness (QED) is 0.542. The van der Waals surface area contributed by atoms with E-state index in [4.69, 9.17) is 9.47 Å². The molecule has 0 bridgehead atoms. The average Bonchev–Trinajstić information content (AvgIpc) is 3.22. The molecule has 0 aliphatic carbocycles. The number of thioether (sulfide) groups is 1. The first kappa shape index (κ1) is 22.7. The third kappa shape index (κ3) is 4.80. The van der Waals surface area contributed by atoms with Crippen molar-refractivity contribution >= 4 is 35.0 Å². The van der Waals surface area contributed by atoms with Crippen molar-refractivity contribution in [3.8, 4) is 11.5 Å². The van der Waals surface area contributed by atoms with Crippen molar-refractivity contribution in [2.24, 2.45) is 0 Å². The fourth-order valence-corrected chi connectivity index (χ4v) is 4.73. The third-order valence-corrected chi connectivity index (χ3v) is 6.58. The Morgan fingerprint density at radius 3 is 2.30 bits per heavy atom.